The van der Waals surface area contributed by atoms with Crippen molar-refractivity contribution in [2.75, 3.05) is 0 Å². The maximum absolute atomic E-state index is 14.0. The zero-order valence-electron chi connectivity index (χ0n) is 18.5. The molecule has 1 fully saturated rings. The predicted molar refractivity (Wildman–Crippen MR) is 119 cm³/mol. The number of ether oxygens (including phenoxy) is 1. The largest absolute Gasteiger partial charge is 0.489 e. The Morgan fingerprint density at radius 1 is 1.24 bits per heavy atom. The number of nitrogens with zero attached hydrogens (tertiary/aromatic N) is 4. The lowest BCUT2D eigenvalue weighted by Gasteiger charge is -2.36. The summed E-state index contributed by atoms with van der Waals surface area (Å²) < 4.78 is 21.6. The molecule has 172 valence electrons. The summed E-state index contributed by atoms with van der Waals surface area (Å²) in [5.41, 5.74) is 4.15. The number of halogens is 2. The molecule has 3 heterocycles. The lowest BCUT2D eigenvalue weighted by Crippen LogP contribution is -2.48. The number of benzene rings is 1. The molecule has 1 aromatic carbocycles. The van der Waals surface area contributed by atoms with Crippen LogP contribution in [0.5, 0.6) is 5.75 Å². The summed E-state index contributed by atoms with van der Waals surface area (Å²) in [7, 11) is 0. The van der Waals surface area contributed by atoms with Crippen molar-refractivity contribution in [1.82, 2.24) is 24.8 Å². The maximum Gasteiger partial charge on any atom is 0.258 e. The van der Waals surface area contributed by atoms with E-state index in [-0.39, 0.29) is 29.7 Å². The van der Waals surface area contributed by atoms with E-state index in [1.54, 1.807) is 9.42 Å². The first-order valence-electron chi connectivity index (χ1n) is 10.8. The molecule has 1 N–H and O–H groups in total. The second-order valence-electron chi connectivity index (χ2n) is 8.67. The van der Waals surface area contributed by atoms with Crippen molar-refractivity contribution >= 4 is 29.1 Å². The van der Waals surface area contributed by atoms with E-state index in [0.717, 1.165) is 17.0 Å². The Bertz CT molecular complexity index is 1300. The van der Waals surface area contributed by atoms with Gasteiger partial charge in [0.2, 0.25) is 5.91 Å². The molecular weight excluding hydrogens is 449 g/mol. The van der Waals surface area contributed by atoms with E-state index >= 15 is 0 Å². The third-order valence-corrected chi connectivity index (χ3v) is 6.76. The number of carbonyl (C=O) groups is 2. The molecule has 2 amide bonds. The third-order valence-electron chi connectivity index (χ3n) is 6.21. The standard InChI is InChI=1S/C23H23ClFN5O3/c1-11-21(24)12(2)30-22(26-11)18-9-29(10-19(18)28-30)23(32)17-5-4-14(25)6-20(17)33-16-7-15(8-16)27-13(3)31/h4-6,15-16H,7-10H2,1-3H3,(H,27,31). The first-order valence-corrected chi connectivity index (χ1v) is 11.1. The molecule has 3 aromatic rings. The maximum atomic E-state index is 14.0. The van der Waals surface area contributed by atoms with Gasteiger partial charge in [0.1, 0.15) is 17.7 Å². The molecule has 0 bridgehead atoms. The summed E-state index contributed by atoms with van der Waals surface area (Å²) in [6.45, 7) is 5.85. The SMILES string of the molecule is CC(=O)NC1CC(Oc2cc(F)ccc2C(=O)N2Cc3nn4c(C)c(Cl)c(C)nc4c3C2)C1. The second kappa shape index (κ2) is 7.98. The fourth-order valence-corrected chi connectivity index (χ4v) is 4.57. The number of aryl methyl sites for hydroxylation is 2. The van der Waals surface area contributed by atoms with Crippen LogP contribution in [0.1, 0.15) is 52.8 Å². The van der Waals surface area contributed by atoms with Gasteiger partial charge in [-0.25, -0.2) is 13.9 Å². The van der Waals surface area contributed by atoms with Gasteiger partial charge in [-0.1, -0.05) is 11.6 Å². The molecule has 0 atom stereocenters. The lowest BCUT2D eigenvalue weighted by atomic mass is 9.89. The van der Waals surface area contributed by atoms with Gasteiger partial charge in [0.15, 0.2) is 5.65 Å². The summed E-state index contributed by atoms with van der Waals surface area (Å²) >= 11 is 6.31. The zero-order valence-corrected chi connectivity index (χ0v) is 19.2. The van der Waals surface area contributed by atoms with E-state index in [4.69, 9.17) is 16.3 Å². The quantitative estimate of drug-likeness (QED) is 0.630. The monoisotopic (exact) mass is 471 g/mol. The number of hydrogen-bond donors (Lipinski definition) is 1. The number of fused-ring (bicyclic) bond motifs is 3. The molecule has 2 aromatic heterocycles. The summed E-state index contributed by atoms with van der Waals surface area (Å²) in [5.74, 6) is -0.626. The van der Waals surface area contributed by atoms with Crippen LogP contribution in [0, 0.1) is 19.7 Å². The minimum atomic E-state index is -0.478. The number of rotatable bonds is 4. The molecule has 1 saturated carbocycles. The summed E-state index contributed by atoms with van der Waals surface area (Å²) in [4.78, 5) is 30.8. The van der Waals surface area contributed by atoms with Gasteiger partial charge >= 0.3 is 0 Å². The Morgan fingerprint density at radius 3 is 2.73 bits per heavy atom. The average Bonchev–Trinajstić information content (AvgIpc) is 3.29. The smallest absolute Gasteiger partial charge is 0.258 e. The average molecular weight is 472 g/mol. The highest BCUT2D eigenvalue weighted by Gasteiger charge is 2.34. The topological polar surface area (TPSA) is 88.8 Å². The molecule has 33 heavy (non-hydrogen) atoms. The van der Waals surface area contributed by atoms with Gasteiger partial charge in [0.05, 0.1) is 40.8 Å². The molecule has 0 unspecified atom stereocenters. The Morgan fingerprint density at radius 2 is 2.00 bits per heavy atom. The number of hydrogen-bond acceptors (Lipinski definition) is 5. The zero-order chi connectivity index (χ0) is 23.4. The first-order chi connectivity index (χ1) is 15.7. The predicted octanol–water partition coefficient (Wildman–Crippen LogP) is 3.34. The minimum Gasteiger partial charge on any atom is -0.489 e. The van der Waals surface area contributed by atoms with Gasteiger partial charge in [-0.2, -0.15) is 5.10 Å². The van der Waals surface area contributed by atoms with Crippen molar-refractivity contribution in [1.29, 1.82) is 0 Å². The van der Waals surface area contributed by atoms with Crippen LogP contribution in [-0.4, -0.2) is 43.5 Å². The molecule has 5 rings (SSSR count). The molecular formula is C23H23ClFN5O3. The van der Waals surface area contributed by atoms with Crippen LogP contribution >= 0.6 is 11.6 Å². The van der Waals surface area contributed by atoms with Gasteiger partial charge in [0.25, 0.3) is 5.91 Å². The van der Waals surface area contributed by atoms with Crippen LogP contribution in [0.4, 0.5) is 4.39 Å². The van der Waals surface area contributed by atoms with Gasteiger partial charge in [-0.05, 0) is 26.0 Å². The number of aromatic nitrogens is 3. The summed E-state index contributed by atoms with van der Waals surface area (Å²) in [6, 6.07) is 3.98. The molecule has 0 radical (unpaired) electrons. The van der Waals surface area contributed by atoms with Gasteiger partial charge < -0.3 is 15.0 Å². The Hall–Kier alpha value is -3.20. The lowest BCUT2D eigenvalue weighted by molar-refractivity contribution is -0.120. The number of nitrogens with one attached hydrogen (secondary N) is 1. The highest BCUT2D eigenvalue weighted by molar-refractivity contribution is 6.31. The highest BCUT2D eigenvalue weighted by atomic mass is 35.5. The Balaban J connectivity index is 1.36. The van der Waals surface area contributed by atoms with Crippen molar-refractivity contribution in [3.8, 4) is 5.75 Å². The van der Waals surface area contributed by atoms with E-state index in [2.05, 4.69) is 15.4 Å². The van der Waals surface area contributed by atoms with Crippen molar-refractivity contribution in [2.24, 2.45) is 0 Å². The van der Waals surface area contributed by atoms with Gasteiger partial charge in [0, 0.05) is 37.4 Å². The van der Waals surface area contributed by atoms with Crippen molar-refractivity contribution in [3.63, 3.8) is 0 Å². The fourth-order valence-electron chi connectivity index (χ4n) is 4.44. The second-order valence-corrected chi connectivity index (χ2v) is 9.05. The minimum absolute atomic E-state index is 0.0399. The van der Waals surface area contributed by atoms with Crippen LogP contribution < -0.4 is 10.1 Å². The molecule has 8 nitrogen and oxygen atoms in total. The first kappa shape index (κ1) is 21.6. The molecule has 2 aliphatic rings. The summed E-state index contributed by atoms with van der Waals surface area (Å²) in [6.07, 6.45) is 1.04. The van der Waals surface area contributed by atoms with E-state index in [1.165, 1.54) is 25.1 Å². The number of carbonyl (C=O) groups excluding carboxylic acids is 2. The van der Waals surface area contributed by atoms with Crippen LogP contribution in [0.25, 0.3) is 5.65 Å². The van der Waals surface area contributed by atoms with Crippen LogP contribution in [0.2, 0.25) is 5.02 Å². The van der Waals surface area contributed by atoms with E-state index in [9.17, 15) is 14.0 Å². The molecule has 1 aliphatic carbocycles. The summed E-state index contributed by atoms with van der Waals surface area (Å²) in [5, 5.41) is 8.01. The molecule has 1 aliphatic heterocycles. The van der Waals surface area contributed by atoms with Crippen molar-refractivity contribution in [2.45, 2.75) is 58.8 Å². The number of amides is 2. The molecule has 10 heteroatoms. The van der Waals surface area contributed by atoms with Crippen molar-refractivity contribution < 1.29 is 18.7 Å². The normalized spacial score (nSPS) is 19.4. The highest BCUT2D eigenvalue weighted by Crippen LogP contribution is 2.33. The van der Waals surface area contributed by atoms with Crippen LogP contribution in [0.3, 0.4) is 0 Å². The third kappa shape index (κ3) is 3.80. The van der Waals surface area contributed by atoms with Crippen LogP contribution in [0.15, 0.2) is 18.2 Å². The Kier molecular flexibility index (Phi) is 5.23. The van der Waals surface area contributed by atoms with Gasteiger partial charge in [-0.3, -0.25) is 9.59 Å². The Labute approximate surface area is 194 Å². The van der Waals surface area contributed by atoms with E-state index < -0.39 is 5.82 Å². The molecule has 0 saturated heterocycles. The molecule has 0 spiro atoms. The van der Waals surface area contributed by atoms with E-state index in [0.29, 0.717) is 47.9 Å². The van der Waals surface area contributed by atoms with E-state index in [1.807, 2.05) is 13.8 Å². The fraction of sp³-hybridized carbons (Fsp3) is 0.391. The van der Waals surface area contributed by atoms with Crippen LogP contribution in [-0.2, 0) is 17.9 Å². The van der Waals surface area contributed by atoms with Crippen molar-refractivity contribution in [3.05, 3.63) is 57.2 Å². The van der Waals surface area contributed by atoms with Gasteiger partial charge in [-0.15, -0.1) is 0 Å².